The highest BCUT2D eigenvalue weighted by Gasteiger charge is 2.64. The number of fused-ring (bicyclic) bond motifs is 2. The number of carbonyl (C=O) groups is 1. The van der Waals surface area contributed by atoms with Gasteiger partial charge in [0.15, 0.2) is 11.9 Å². The number of rotatable bonds is 3. The number of hydrogen-bond acceptors (Lipinski definition) is 10. The van der Waals surface area contributed by atoms with E-state index in [-0.39, 0.29) is 24.0 Å². The van der Waals surface area contributed by atoms with Crippen molar-refractivity contribution in [1.29, 1.82) is 5.26 Å². The fraction of sp³-hybridized carbons (Fsp3) is 0.556. The second kappa shape index (κ2) is 7.25. The summed E-state index contributed by atoms with van der Waals surface area (Å²) in [6.45, 7) is -0.306. The molecule has 5 rings (SSSR count). The molecule has 1 saturated carbocycles. The van der Waals surface area contributed by atoms with Crippen molar-refractivity contribution in [2.24, 2.45) is 5.92 Å². The minimum absolute atomic E-state index is 0.184. The van der Waals surface area contributed by atoms with Crippen molar-refractivity contribution in [2.75, 3.05) is 12.3 Å². The molecular weight excluding hydrogens is 429 g/mol. The van der Waals surface area contributed by atoms with Gasteiger partial charge in [-0.15, -0.1) is 0 Å². The first-order valence-corrected chi connectivity index (χ1v) is 11.4. The molecule has 3 aliphatic rings. The van der Waals surface area contributed by atoms with Gasteiger partial charge in [0, 0.05) is 0 Å². The zero-order valence-corrected chi connectivity index (χ0v) is 17.2. The van der Waals surface area contributed by atoms with Crippen LogP contribution in [0.2, 0.25) is 0 Å². The van der Waals surface area contributed by atoms with Gasteiger partial charge in [0.05, 0.1) is 18.2 Å². The molecule has 2 saturated heterocycles. The van der Waals surface area contributed by atoms with Crippen molar-refractivity contribution in [3.05, 3.63) is 24.2 Å². The summed E-state index contributed by atoms with van der Waals surface area (Å²) >= 11 is 0. The van der Waals surface area contributed by atoms with Gasteiger partial charge in [0.2, 0.25) is 5.60 Å². The number of nitrogen functional groups attached to an aromatic ring is 1. The summed E-state index contributed by atoms with van der Waals surface area (Å²) in [5.41, 5.74) is 4.70. The fourth-order valence-corrected chi connectivity index (χ4v) is 5.47. The Bertz CT molecular complexity index is 1130. The molecule has 0 amide bonds. The minimum atomic E-state index is -4.40. The number of esters is 1. The maximum atomic E-state index is 12.9. The fourth-order valence-electron chi connectivity index (χ4n) is 4.52. The van der Waals surface area contributed by atoms with Gasteiger partial charge in [0.1, 0.15) is 30.1 Å². The topological polar surface area (TPSA) is 171 Å². The summed E-state index contributed by atoms with van der Waals surface area (Å²) < 4.78 is 35.4. The van der Waals surface area contributed by atoms with Gasteiger partial charge >= 0.3 is 13.8 Å². The SMILES string of the molecule is N#C[C@@]1(c2ccc3c(N)ncnn23)O[C@@H]2COP(=O)(O)O[C@H]2[C@H]1OC(=O)C1CCCC1. The molecule has 0 spiro atoms. The van der Waals surface area contributed by atoms with Crippen molar-refractivity contribution in [2.45, 2.75) is 49.6 Å². The molecule has 12 nitrogen and oxygen atoms in total. The van der Waals surface area contributed by atoms with E-state index >= 15 is 0 Å². The number of aromatic nitrogens is 3. The van der Waals surface area contributed by atoms with Crippen LogP contribution in [0.25, 0.3) is 5.52 Å². The smallest absolute Gasteiger partial charge is 0.454 e. The van der Waals surface area contributed by atoms with E-state index in [4.69, 9.17) is 24.3 Å². The van der Waals surface area contributed by atoms with Crippen molar-refractivity contribution >= 4 is 25.1 Å². The molecule has 1 unspecified atom stereocenters. The average Bonchev–Trinajstić information content (AvgIpc) is 3.47. The Morgan fingerprint density at radius 3 is 2.94 bits per heavy atom. The van der Waals surface area contributed by atoms with Crippen molar-refractivity contribution in [3.8, 4) is 6.07 Å². The zero-order chi connectivity index (χ0) is 21.8. The Labute approximate surface area is 176 Å². The Kier molecular flexibility index (Phi) is 4.76. The lowest BCUT2D eigenvalue weighted by molar-refractivity contribution is -0.164. The molecule has 13 heteroatoms. The van der Waals surface area contributed by atoms with Crippen LogP contribution in [-0.4, -0.2) is 50.4 Å². The van der Waals surface area contributed by atoms with Crippen LogP contribution in [0.3, 0.4) is 0 Å². The van der Waals surface area contributed by atoms with Crippen LogP contribution in [-0.2, 0) is 33.5 Å². The minimum Gasteiger partial charge on any atom is -0.454 e. The molecule has 4 heterocycles. The van der Waals surface area contributed by atoms with Crippen LogP contribution >= 0.6 is 7.82 Å². The first kappa shape index (κ1) is 20.4. The quantitative estimate of drug-likeness (QED) is 0.507. The van der Waals surface area contributed by atoms with E-state index in [1.54, 1.807) is 12.1 Å². The lowest BCUT2D eigenvalue weighted by Crippen LogP contribution is -2.46. The number of nitrogens with two attached hydrogens (primary N) is 1. The highest BCUT2D eigenvalue weighted by Crippen LogP contribution is 2.55. The molecule has 5 atom stereocenters. The Hall–Kier alpha value is -2.55. The largest absolute Gasteiger partial charge is 0.472 e. The summed E-state index contributed by atoms with van der Waals surface area (Å²) in [5.74, 6) is -0.619. The maximum absolute atomic E-state index is 12.9. The monoisotopic (exact) mass is 449 g/mol. The molecule has 2 aromatic rings. The number of anilines is 1. The summed E-state index contributed by atoms with van der Waals surface area (Å²) in [6, 6.07) is 5.27. The first-order chi connectivity index (χ1) is 14.8. The number of nitriles is 1. The molecule has 164 valence electrons. The summed E-state index contributed by atoms with van der Waals surface area (Å²) in [7, 11) is -4.40. The summed E-state index contributed by atoms with van der Waals surface area (Å²) in [5, 5.41) is 14.4. The Morgan fingerprint density at radius 1 is 1.42 bits per heavy atom. The van der Waals surface area contributed by atoms with E-state index in [2.05, 4.69) is 16.2 Å². The van der Waals surface area contributed by atoms with E-state index in [9.17, 15) is 19.5 Å². The molecule has 0 aromatic carbocycles. The number of phosphoric acid groups is 1. The Morgan fingerprint density at radius 2 is 2.19 bits per heavy atom. The number of hydrogen-bond donors (Lipinski definition) is 2. The van der Waals surface area contributed by atoms with E-state index in [1.165, 1.54) is 10.8 Å². The predicted molar refractivity (Wildman–Crippen MR) is 102 cm³/mol. The van der Waals surface area contributed by atoms with Crippen LogP contribution in [0.5, 0.6) is 0 Å². The second-order valence-corrected chi connectivity index (χ2v) is 9.24. The third-order valence-electron chi connectivity index (χ3n) is 6.02. The Balaban J connectivity index is 1.61. The number of phosphoric ester groups is 1. The van der Waals surface area contributed by atoms with Crippen molar-refractivity contribution < 1.29 is 32.8 Å². The van der Waals surface area contributed by atoms with E-state index in [0.29, 0.717) is 18.4 Å². The standard InChI is InChI=1S/C18H20N5O7P/c19-8-18(13-6-5-11-16(20)21-9-22-23(11)13)15(28-17(24)10-3-1-2-4-10)14-12(29-18)7-27-31(25,26)30-14/h5-6,9-10,12,14-15H,1-4,7H2,(H,25,26)(H2,20,21,22)/t12-,14-,15-,18+/m1/s1. The van der Waals surface area contributed by atoms with Crippen LogP contribution < -0.4 is 5.73 Å². The highest BCUT2D eigenvalue weighted by molar-refractivity contribution is 7.47. The average molecular weight is 449 g/mol. The zero-order valence-electron chi connectivity index (χ0n) is 16.3. The summed E-state index contributed by atoms with van der Waals surface area (Å²) in [6.07, 6.45) is 0.979. The molecule has 3 fully saturated rings. The molecule has 3 N–H and O–H groups in total. The first-order valence-electron chi connectivity index (χ1n) is 9.88. The molecule has 1 aliphatic carbocycles. The van der Waals surface area contributed by atoms with Gasteiger partial charge in [0.25, 0.3) is 0 Å². The van der Waals surface area contributed by atoms with Crippen LogP contribution in [0, 0.1) is 17.2 Å². The van der Waals surface area contributed by atoms with Gasteiger partial charge < -0.3 is 20.1 Å². The third-order valence-corrected chi connectivity index (χ3v) is 7.00. The van der Waals surface area contributed by atoms with Crippen molar-refractivity contribution in [1.82, 2.24) is 14.6 Å². The number of carbonyl (C=O) groups excluding carboxylic acids is 1. The van der Waals surface area contributed by atoms with Gasteiger partial charge in [-0.3, -0.25) is 13.8 Å². The van der Waals surface area contributed by atoms with Gasteiger partial charge in [-0.2, -0.15) is 10.4 Å². The normalized spacial score (nSPS) is 35.7. The number of ether oxygens (including phenoxy) is 2. The molecule has 2 aromatic heterocycles. The van der Waals surface area contributed by atoms with Gasteiger partial charge in [-0.25, -0.2) is 14.1 Å². The molecule has 31 heavy (non-hydrogen) atoms. The van der Waals surface area contributed by atoms with Gasteiger partial charge in [-0.1, -0.05) is 12.8 Å². The lowest BCUT2D eigenvalue weighted by Gasteiger charge is -2.31. The molecular formula is C18H20N5O7P. The molecule has 0 bridgehead atoms. The van der Waals surface area contributed by atoms with Crippen molar-refractivity contribution in [3.63, 3.8) is 0 Å². The molecule has 0 radical (unpaired) electrons. The third kappa shape index (κ3) is 3.21. The number of nitrogens with zero attached hydrogens (tertiary/aromatic N) is 4. The predicted octanol–water partition coefficient (Wildman–Crippen LogP) is 1.05. The van der Waals surface area contributed by atoms with Crippen LogP contribution in [0.15, 0.2) is 18.5 Å². The molecule has 2 aliphatic heterocycles. The van der Waals surface area contributed by atoms with Crippen LogP contribution in [0.1, 0.15) is 31.4 Å². The van der Waals surface area contributed by atoms with E-state index in [0.717, 1.165) is 12.8 Å². The van der Waals surface area contributed by atoms with E-state index < -0.39 is 37.7 Å². The second-order valence-electron chi connectivity index (χ2n) is 7.84. The van der Waals surface area contributed by atoms with Crippen LogP contribution in [0.4, 0.5) is 5.82 Å². The highest BCUT2D eigenvalue weighted by atomic mass is 31.2. The van der Waals surface area contributed by atoms with Gasteiger partial charge in [-0.05, 0) is 25.0 Å². The lowest BCUT2D eigenvalue weighted by atomic mass is 9.92. The maximum Gasteiger partial charge on any atom is 0.472 e. The summed E-state index contributed by atoms with van der Waals surface area (Å²) in [4.78, 5) is 26.7. The van der Waals surface area contributed by atoms with E-state index in [1.807, 2.05) is 0 Å².